The van der Waals surface area contributed by atoms with Crippen LogP contribution in [0.4, 0.5) is 9.18 Å². The van der Waals surface area contributed by atoms with Crippen molar-refractivity contribution in [3.8, 4) is 11.4 Å². The van der Waals surface area contributed by atoms with Gasteiger partial charge < -0.3 is 60.9 Å². The van der Waals surface area contributed by atoms with E-state index in [1.54, 1.807) is 71.0 Å². The summed E-state index contributed by atoms with van der Waals surface area (Å²) in [5, 5.41) is 38.1. The number of nitrogens with one attached hydrogen (secondary N) is 6. The van der Waals surface area contributed by atoms with Gasteiger partial charge >= 0.3 is 6.09 Å². The van der Waals surface area contributed by atoms with E-state index in [1.807, 2.05) is 0 Å². The smallest absolute Gasteiger partial charge is 0.408 e. The number of aliphatic hydroxyl groups excluding tert-OH is 1. The first-order chi connectivity index (χ1) is 32.8. The Hall–Kier alpha value is -6.81. The zero-order valence-corrected chi connectivity index (χ0v) is 39.0. The van der Waals surface area contributed by atoms with E-state index in [1.165, 1.54) is 10.6 Å². The number of rotatable bonds is 17. The quantitative estimate of drug-likeness (QED) is 0.0606. The minimum atomic E-state index is -1.84. The van der Waals surface area contributed by atoms with Crippen LogP contribution >= 0.6 is 0 Å². The lowest BCUT2D eigenvalue weighted by Gasteiger charge is -2.37. The molecule has 0 spiro atoms. The fourth-order valence-electron chi connectivity index (χ4n) is 8.84. The van der Waals surface area contributed by atoms with Crippen molar-refractivity contribution in [2.75, 3.05) is 39.4 Å². The third-order valence-corrected chi connectivity index (χ3v) is 12.3. The van der Waals surface area contributed by atoms with Crippen LogP contribution in [-0.4, -0.2) is 113 Å². The van der Waals surface area contributed by atoms with E-state index < -0.39 is 96.2 Å². The monoisotopic (exact) mass is 956 g/mol. The number of aryl methyl sites for hydroxylation is 1. The lowest BCUT2D eigenvalue weighted by atomic mass is 9.81. The summed E-state index contributed by atoms with van der Waals surface area (Å²) in [7, 11) is 0. The Morgan fingerprint density at radius 2 is 1.67 bits per heavy atom. The molecule has 1 aliphatic carbocycles. The first kappa shape index (κ1) is 50.1. The van der Waals surface area contributed by atoms with Gasteiger partial charge in [-0.3, -0.25) is 28.8 Å². The standard InChI is InChI=1S/C48H57FN8O12/c1-6-48(66)30-17-35-42-28(22-57(35)44(63)29(30)23-68-45(48)64)41-32(13-12-27-25(2)31(49)18-33(56-42)40(27)41)54-39(61)24-67-15-14-50-36(58)19-52-43(62)34(16-26-10-8-7-9-11-26)55-38(60)21-51-37(59)20-53-46(65)69-47(3,4)5/h7-11,17-18,32,34,45,64,66H,6,12-16,19-24H2,1-5H3,(H,50,58)(H,51,59)(H,52,62)(H,53,65)(H,54,61)(H,55,60)/t32-,34-,45?,48-/m0/s1. The van der Waals surface area contributed by atoms with Gasteiger partial charge in [0.2, 0.25) is 29.5 Å². The van der Waals surface area contributed by atoms with Crippen LogP contribution in [0, 0.1) is 12.7 Å². The van der Waals surface area contributed by atoms with Crippen molar-refractivity contribution < 1.29 is 57.6 Å². The molecule has 368 valence electrons. The lowest BCUT2D eigenvalue weighted by Crippen LogP contribution is -2.52. The molecule has 21 heteroatoms. The number of amides is 6. The van der Waals surface area contributed by atoms with Gasteiger partial charge in [-0.05, 0) is 75.3 Å². The Morgan fingerprint density at radius 3 is 2.39 bits per heavy atom. The fraction of sp³-hybridized carbons (Fsp3) is 0.458. The van der Waals surface area contributed by atoms with Crippen LogP contribution < -0.4 is 37.5 Å². The van der Waals surface area contributed by atoms with Crippen LogP contribution in [0.5, 0.6) is 0 Å². The third-order valence-electron chi connectivity index (χ3n) is 12.3. The second-order valence-electron chi connectivity index (χ2n) is 18.2. The molecule has 7 rings (SSSR count). The van der Waals surface area contributed by atoms with Crippen molar-refractivity contribution in [1.82, 2.24) is 41.5 Å². The molecule has 6 amide bonds. The lowest BCUT2D eigenvalue weighted by molar-refractivity contribution is -0.236. The number of pyridine rings is 2. The molecule has 20 nitrogen and oxygen atoms in total. The maximum atomic E-state index is 15.3. The molecule has 4 aromatic rings. The van der Waals surface area contributed by atoms with Crippen molar-refractivity contribution in [2.24, 2.45) is 0 Å². The first-order valence-electron chi connectivity index (χ1n) is 22.7. The minimum absolute atomic E-state index is 0.0129. The van der Waals surface area contributed by atoms with Crippen LogP contribution in [0.1, 0.15) is 85.5 Å². The fourth-order valence-corrected chi connectivity index (χ4v) is 8.84. The van der Waals surface area contributed by atoms with E-state index in [2.05, 4.69) is 31.9 Å². The summed E-state index contributed by atoms with van der Waals surface area (Å²) in [4.78, 5) is 95.1. The summed E-state index contributed by atoms with van der Waals surface area (Å²) in [5.41, 5.74) is 1.88. The number of fused-ring (bicyclic) bond motifs is 5. The molecule has 1 unspecified atom stereocenters. The van der Waals surface area contributed by atoms with Gasteiger partial charge in [-0.2, -0.15) is 0 Å². The number of alkyl carbamates (subject to hydrolysis) is 1. The predicted molar refractivity (Wildman–Crippen MR) is 246 cm³/mol. The average molecular weight is 957 g/mol. The SMILES string of the molecule is CC[C@]1(O)c2cc3n(c(=O)c2COC1O)Cc1c-3nc2cc(F)c(C)c3c2c1[C@@H](NC(=O)COCCNC(=O)CNC(=O)[C@H](Cc1ccccc1)NC(=O)CNC(=O)CNC(=O)OC(C)(C)C)CC3. The summed E-state index contributed by atoms with van der Waals surface area (Å²) in [6, 6.07) is 10.1. The van der Waals surface area contributed by atoms with E-state index in [-0.39, 0.29) is 56.9 Å². The molecule has 0 fully saturated rings. The molecule has 0 bridgehead atoms. The zero-order valence-electron chi connectivity index (χ0n) is 39.0. The highest BCUT2D eigenvalue weighted by molar-refractivity contribution is 5.94. The maximum Gasteiger partial charge on any atom is 0.408 e. The predicted octanol–water partition coefficient (Wildman–Crippen LogP) is 1.04. The van der Waals surface area contributed by atoms with E-state index in [9.17, 15) is 43.8 Å². The molecular weight excluding hydrogens is 900 g/mol. The number of aromatic nitrogens is 2. The summed E-state index contributed by atoms with van der Waals surface area (Å²) in [5.74, 6) is -3.49. The van der Waals surface area contributed by atoms with Gasteiger partial charge in [-0.1, -0.05) is 37.3 Å². The number of halogens is 1. The number of benzene rings is 2. The van der Waals surface area contributed by atoms with Crippen molar-refractivity contribution in [1.29, 1.82) is 0 Å². The van der Waals surface area contributed by atoms with E-state index >= 15 is 4.39 Å². The normalized spacial score (nSPS) is 18.2. The van der Waals surface area contributed by atoms with Crippen LogP contribution in [0.25, 0.3) is 22.3 Å². The maximum absolute atomic E-state index is 15.3. The number of nitrogens with zero attached hydrogens (tertiary/aromatic N) is 2. The Morgan fingerprint density at radius 1 is 0.957 bits per heavy atom. The molecule has 2 aliphatic heterocycles. The molecule has 2 aromatic heterocycles. The summed E-state index contributed by atoms with van der Waals surface area (Å²) >= 11 is 0. The number of aliphatic hydroxyl groups is 2. The first-order valence-corrected chi connectivity index (χ1v) is 22.7. The van der Waals surface area contributed by atoms with Crippen LogP contribution in [-0.2, 0) is 69.8 Å². The van der Waals surface area contributed by atoms with Gasteiger partial charge in [0, 0.05) is 41.1 Å². The van der Waals surface area contributed by atoms with Gasteiger partial charge in [-0.25, -0.2) is 14.2 Å². The van der Waals surface area contributed by atoms with Gasteiger partial charge in [0.25, 0.3) is 5.56 Å². The molecule has 0 saturated carbocycles. The molecule has 0 saturated heterocycles. The van der Waals surface area contributed by atoms with Crippen molar-refractivity contribution in [3.63, 3.8) is 0 Å². The third kappa shape index (κ3) is 11.2. The summed E-state index contributed by atoms with van der Waals surface area (Å²) < 4.78 is 32.9. The molecule has 4 atom stereocenters. The highest BCUT2D eigenvalue weighted by atomic mass is 19.1. The highest BCUT2D eigenvalue weighted by Gasteiger charge is 2.45. The molecule has 8 N–H and O–H groups in total. The second kappa shape index (κ2) is 20.8. The summed E-state index contributed by atoms with van der Waals surface area (Å²) in [6.07, 6.45) is -1.37. The average Bonchev–Trinajstić information content (AvgIpc) is 3.68. The van der Waals surface area contributed by atoms with Gasteiger partial charge in [0.1, 0.15) is 36.2 Å². The zero-order chi connectivity index (χ0) is 49.8. The van der Waals surface area contributed by atoms with Gasteiger partial charge in [0.05, 0.1) is 55.8 Å². The molecule has 4 heterocycles. The van der Waals surface area contributed by atoms with Crippen LogP contribution in [0.3, 0.4) is 0 Å². The highest BCUT2D eigenvalue weighted by Crippen LogP contribution is 2.46. The molecule has 0 radical (unpaired) electrons. The van der Waals surface area contributed by atoms with Crippen molar-refractivity contribution >= 4 is 46.5 Å². The topological polar surface area (TPSA) is 278 Å². The Kier molecular flexibility index (Phi) is 15.1. The van der Waals surface area contributed by atoms with E-state index in [0.29, 0.717) is 51.8 Å². The number of ether oxygens (including phenoxy) is 3. The van der Waals surface area contributed by atoms with E-state index in [0.717, 1.165) is 11.1 Å². The molecule has 2 aromatic carbocycles. The minimum Gasteiger partial charge on any atom is -0.444 e. The number of carbonyl (C=O) groups excluding carboxylic acids is 6. The van der Waals surface area contributed by atoms with Crippen LogP contribution in [0.2, 0.25) is 0 Å². The Labute approximate surface area is 396 Å². The van der Waals surface area contributed by atoms with Crippen molar-refractivity contribution in [3.05, 3.63) is 97.6 Å². The van der Waals surface area contributed by atoms with Crippen molar-refractivity contribution in [2.45, 2.75) is 103 Å². The molecule has 69 heavy (non-hydrogen) atoms. The van der Waals surface area contributed by atoms with Gasteiger partial charge in [-0.15, -0.1) is 0 Å². The van der Waals surface area contributed by atoms with E-state index in [4.69, 9.17) is 19.2 Å². The molecule has 3 aliphatic rings. The molecular formula is C48H57FN8O12. The second-order valence-corrected chi connectivity index (χ2v) is 18.2. The summed E-state index contributed by atoms with van der Waals surface area (Å²) in [6.45, 7) is 6.42. The largest absolute Gasteiger partial charge is 0.444 e. The van der Waals surface area contributed by atoms with Gasteiger partial charge in [0.15, 0.2) is 6.29 Å². The van der Waals surface area contributed by atoms with Crippen LogP contribution in [0.15, 0.2) is 47.3 Å². The number of hydrogen-bond acceptors (Lipinski definition) is 13. The number of hydrogen-bond donors (Lipinski definition) is 8. The Bertz CT molecular complexity index is 2740. The Balaban J connectivity index is 0.921. The number of carbonyl (C=O) groups is 6.